The maximum Gasteiger partial charge on any atom is 0.256 e. The van der Waals surface area contributed by atoms with Crippen molar-refractivity contribution in [3.05, 3.63) is 52.8 Å². The Kier molecular flexibility index (Phi) is 4.31. The van der Waals surface area contributed by atoms with Gasteiger partial charge in [0, 0.05) is 18.4 Å². The number of hydrogen-bond donors (Lipinski definition) is 1. The van der Waals surface area contributed by atoms with Gasteiger partial charge in [-0.15, -0.1) is 11.3 Å². The molecule has 3 heterocycles. The summed E-state index contributed by atoms with van der Waals surface area (Å²) in [5.74, 6) is 0.327. The summed E-state index contributed by atoms with van der Waals surface area (Å²) in [7, 11) is 0. The molecule has 0 aliphatic carbocycles. The molecule has 1 aromatic carbocycles. The Labute approximate surface area is 150 Å². The second kappa shape index (κ2) is 6.61. The summed E-state index contributed by atoms with van der Waals surface area (Å²) in [6.07, 6.45) is 1.84. The van der Waals surface area contributed by atoms with Crippen molar-refractivity contribution >= 4 is 27.5 Å². The Balaban J connectivity index is 1.69. The molecule has 3 aromatic rings. The van der Waals surface area contributed by atoms with Crippen molar-refractivity contribution in [2.45, 2.75) is 25.8 Å². The number of carbonyl (C=O) groups excluding carboxylic acids is 1. The first-order valence-electron chi connectivity index (χ1n) is 8.56. The molecule has 130 valence electrons. The molecular weight excluding hydrogens is 334 g/mol. The Bertz CT molecular complexity index is 866. The molecule has 0 spiro atoms. The number of morpholine rings is 1. The first kappa shape index (κ1) is 16.3. The topological polar surface area (TPSA) is 58.2 Å². The van der Waals surface area contributed by atoms with E-state index >= 15 is 0 Å². The highest BCUT2D eigenvalue weighted by Crippen LogP contribution is 2.33. The van der Waals surface area contributed by atoms with E-state index in [1.165, 1.54) is 0 Å². The van der Waals surface area contributed by atoms with Crippen LogP contribution in [-0.2, 0) is 4.74 Å². The minimum atomic E-state index is -0.131. The van der Waals surface area contributed by atoms with Crippen LogP contribution in [0.4, 0.5) is 0 Å². The fourth-order valence-electron chi connectivity index (χ4n) is 3.29. The molecule has 1 aliphatic heterocycles. The SMILES string of the molecule is CC(C)c1[nH]ccc1C(=O)N1CCOCC1c1nc2ccccc2s1. The van der Waals surface area contributed by atoms with Crippen LogP contribution in [0.2, 0.25) is 0 Å². The molecule has 0 bridgehead atoms. The van der Waals surface area contributed by atoms with Gasteiger partial charge in [0.1, 0.15) is 11.0 Å². The maximum atomic E-state index is 13.2. The minimum Gasteiger partial charge on any atom is -0.377 e. The standard InChI is InChI=1S/C19H21N3O2S/c1-12(2)17-13(7-8-20-17)19(23)22-9-10-24-11-15(22)18-21-14-5-3-4-6-16(14)25-18/h3-8,12,15,20H,9-11H2,1-2H3. The summed E-state index contributed by atoms with van der Waals surface area (Å²) in [6.45, 7) is 5.82. The number of benzene rings is 1. The summed E-state index contributed by atoms with van der Waals surface area (Å²) in [5, 5.41) is 0.941. The number of H-pyrrole nitrogens is 1. The van der Waals surface area contributed by atoms with Crippen molar-refractivity contribution in [1.29, 1.82) is 0 Å². The van der Waals surface area contributed by atoms with E-state index in [9.17, 15) is 4.79 Å². The van der Waals surface area contributed by atoms with Crippen molar-refractivity contribution < 1.29 is 9.53 Å². The average molecular weight is 355 g/mol. The van der Waals surface area contributed by atoms with Gasteiger partial charge in [0.05, 0.1) is 29.0 Å². The Morgan fingerprint density at radius 3 is 3.00 bits per heavy atom. The van der Waals surface area contributed by atoms with Gasteiger partial charge in [-0.05, 0) is 24.1 Å². The Hall–Kier alpha value is -2.18. The van der Waals surface area contributed by atoms with E-state index in [1.54, 1.807) is 11.3 Å². The molecule has 1 fully saturated rings. The third-order valence-corrected chi connectivity index (χ3v) is 5.71. The van der Waals surface area contributed by atoms with E-state index in [1.807, 2.05) is 35.4 Å². The van der Waals surface area contributed by atoms with Crippen LogP contribution in [-0.4, -0.2) is 40.5 Å². The lowest BCUT2D eigenvalue weighted by Crippen LogP contribution is -2.43. The zero-order chi connectivity index (χ0) is 17.4. The zero-order valence-electron chi connectivity index (χ0n) is 14.4. The highest BCUT2D eigenvalue weighted by molar-refractivity contribution is 7.18. The number of amides is 1. The molecule has 0 radical (unpaired) electrons. The van der Waals surface area contributed by atoms with Crippen LogP contribution < -0.4 is 0 Å². The van der Waals surface area contributed by atoms with Crippen LogP contribution in [0.3, 0.4) is 0 Å². The Morgan fingerprint density at radius 2 is 2.20 bits per heavy atom. The van der Waals surface area contributed by atoms with Crippen LogP contribution >= 0.6 is 11.3 Å². The predicted octanol–water partition coefficient (Wildman–Crippen LogP) is 3.96. The van der Waals surface area contributed by atoms with Crippen molar-refractivity contribution in [3.63, 3.8) is 0 Å². The zero-order valence-corrected chi connectivity index (χ0v) is 15.2. The third-order valence-electron chi connectivity index (χ3n) is 4.57. The lowest BCUT2D eigenvalue weighted by atomic mass is 10.0. The summed E-state index contributed by atoms with van der Waals surface area (Å²) in [6, 6.07) is 9.82. The summed E-state index contributed by atoms with van der Waals surface area (Å²) < 4.78 is 6.81. The Morgan fingerprint density at radius 1 is 1.36 bits per heavy atom. The number of fused-ring (bicyclic) bond motifs is 1. The van der Waals surface area contributed by atoms with Crippen molar-refractivity contribution in [2.24, 2.45) is 0 Å². The van der Waals surface area contributed by atoms with Crippen LogP contribution in [0.25, 0.3) is 10.2 Å². The number of aromatic nitrogens is 2. The molecule has 1 N–H and O–H groups in total. The predicted molar refractivity (Wildman–Crippen MR) is 99.1 cm³/mol. The molecular formula is C19H21N3O2S. The normalized spacial score (nSPS) is 18.2. The number of para-hydroxylation sites is 1. The van der Waals surface area contributed by atoms with E-state index in [0.29, 0.717) is 19.8 Å². The monoisotopic (exact) mass is 355 g/mol. The number of aromatic amines is 1. The van der Waals surface area contributed by atoms with Gasteiger partial charge in [0.15, 0.2) is 0 Å². The largest absolute Gasteiger partial charge is 0.377 e. The van der Waals surface area contributed by atoms with E-state index in [0.717, 1.165) is 26.5 Å². The molecule has 1 unspecified atom stereocenters. The van der Waals surface area contributed by atoms with E-state index in [-0.39, 0.29) is 17.9 Å². The van der Waals surface area contributed by atoms with Gasteiger partial charge in [-0.25, -0.2) is 4.98 Å². The number of carbonyl (C=O) groups is 1. The van der Waals surface area contributed by atoms with Crippen LogP contribution in [0.1, 0.15) is 46.9 Å². The number of hydrogen-bond acceptors (Lipinski definition) is 4. The molecule has 6 heteroatoms. The van der Waals surface area contributed by atoms with Gasteiger partial charge in [-0.3, -0.25) is 4.79 Å². The highest BCUT2D eigenvalue weighted by atomic mass is 32.1. The smallest absolute Gasteiger partial charge is 0.256 e. The number of rotatable bonds is 3. The fourth-order valence-corrected chi connectivity index (χ4v) is 4.35. The second-order valence-corrected chi connectivity index (χ2v) is 7.63. The van der Waals surface area contributed by atoms with Crippen molar-refractivity contribution in [1.82, 2.24) is 14.9 Å². The highest BCUT2D eigenvalue weighted by Gasteiger charge is 2.33. The van der Waals surface area contributed by atoms with Gasteiger partial charge >= 0.3 is 0 Å². The van der Waals surface area contributed by atoms with Gasteiger partial charge < -0.3 is 14.6 Å². The van der Waals surface area contributed by atoms with Gasteiger partial charge in [-0.2, -0.15) is 0 Å². The second-order valence-electron chi connectivity index (χ2n) is 6.57. The lowest BCUT2D eigenvalue weighted by Gasteiger charge is -2.34. The van der Waals surface area contributed by atoms with Crippen molar-refractivity contribution in [2.75, 3.05) is 19.8 Å². The van der Waals surface area contributed by atoms with Gasteiger partial charge in [0.25, 0.3) is 5.91 Å². The van der Waals surface area contributed by atoms with E-state index in [2.05, 4.69) is 24.9 Å². The average Bonchev–Trinajstić information content (AvgIpc) is 3.28. The molecule has 2 aromatic heterocycles. The third kappa shape index (κ3) is 2.96. The first-order chi connectivity index (χ1) is 12.1. The fraction of sp³-hybridized carbons (Fsp3) is 0.368. The van der Waals surface area contributed by atoms with Crippen molar-refractivity contribution in [3.8, 4) is 0 Å². The number of nitrogens with one attached hydrogen (secondary N) is 1. The summed E-state index contributed by atoms with van der Waals surface area (Å²) in [4.78, 5) is 23.1. The quantitative estimate of drug-likeness (QED) is 0.774. The molecule has 25 heavy (non-hydrogen) atoms. The number of ether oxygens (including phenoxy) is 1. The van der Waals surface area contributed by atoms with Crippen LogP contribution in [0, 0.1) is 0 Å². The van der Waals surface area contributed by atoms with Crippen LogP contribution in [0.15, 0.2) is 36.5 Å². The lowest BCUT2D eigenvalue weighted by molar-refractivity contribution is -0.00276. The molecule has 4 rings (SSSR count). The molecule has 0 saturated carbocycles. The molecule has 1 aliphatic rings. The molecule has 1 saturated heterocycles. The van der Waals surface area contributed by atoms with E-state index in [4.69, 9.17) is 9.72 Å². The summed E-state index contributed by atoms with van der Waals surface area (Å²) >= 11 is 1.64. The molecule has 5 nitrogen and oxygen atoms in total. The van der Waals surface area contributed by atoms with Gasteiger partial charge in [-0.1, -0.05) is 26.0 Å². The molecule has 1 atom stereocenters. The van der Waals surface area contributed by atoms with Gasteiger partial charge in [0.2, 0.25) is 0 Å². The first-order valence-corrected chi connectivity index (χ1v) is 9.38. The molecule has 1 amide bonds. The summed E-state index contributed by atoms with van der Waals surface area (Å²) in [5.41, 5.74) is 2.72. The maximum absolute atomic E-state index is 13.2. The number of nitrogens with zero attached hydrogens (tertiary/aromatic N) is 2. The number of thiazole rings is 1. The van der Waals surface area contributed by atoms with Crippen LogP contribution in [0.5, 0.6) is 0 Å². The minimum absolute atomic E-state index is 0.0532. The van der Waals surface area contributed by atoms with E-state index < -0.39 is 0 Å².